The van der Waals surface area contributed by atoms with Gasteiger partial charge >= 0.3 is 6.09 Å². The van der Waals surface area contributed by atoms with Crippen LogP contribution in [0, 0.1) is 0 Å². The fourth-order valence-electron chi connectivity index (χ4n) is 1.29. The smallest absolute Gasteiger partial charge is 0.407 e. The molecule has 0 aliphatic carbocycles. The third kappa shape index (κ3) is 3.99. The van der Waals surface area contributed by atoms with Crippen molar-refractivity contribution in [1.29, 1.82) is 0 Å². The highest BCUT2D eigenvalue weighted by atomic mass is 16.5. The molecule has 0 aromatic heterocycles. The maximum atomic E-state index is 10.9. The number of nitrogens with one attached hydrogen (secondary N) is 1. The maximum Gasteiger partial charge on any atom is 0.407 e. The van der Waals surface area contributed by atoms with Gasteiger partial charge in [-0.05, 0) is 12.0 Å². The van der Waals surface area contributed by atoms with Crippen LogP contribution >= 0.6 is 0 Å². The molecule has 4 nitrogen and oxygen atoms in total. The first-order valence-electron chi connectivity index (χ1n) is 4.75. The Balaban J connectivity index is 2.50. The summed E-state index contributed by atoms with van der Waals surface area (Å²) >= 11 is 0. The molecule has 1 rings (SSSR count). The van der Waals surface area contributed by atoms with Gasteiger partial charge in [-0.3, -0.25) is 0 Å². The predicted octanol–water partition coefficient (Wildman–Crippen LogP) is 0.946. The molecule has 0 radical (unpaired) electrons. The molecule has 1 aromatic rings. The van der Waals surface area contributed by atoms with Gasteiger partial charge in [0, 0.05) is 0 Å². The molecule has 1 aromatic carbocycles. The third-order valence-electron chi connectivity index (χ3n) is 2.05. The van der Waals surface area contributed by atoms with E-state index in [9.17, 15) is 4.79 Å². The van der Waals surface area contributed by atoms with E-state index in [-0.39, 0.29) is 12.6 Å². The molecular weight excluding hydrogens is 194 g/mol. The third-order valence-corrected chi connectivity index (χ3v) is 2.05. The number of amides is 1. The van der Waals surface area contributed by atoms with Crippen molar-refractivity contribution >= 4 is 6.09 Å². The van der Waals surface area contributed by atoms with Crippen LogP contribution in [0.1, 0.15) is 5.56 Å². The lowest BCUT2D eigenvalue weighted by Gasteiger charge is -2.15. The van der Waals surface area contributed by atoms with Gasteiger partial charge in [-0.2, -0.15) is 0 Å². The molecule has 0 spiro atoms. The SMILES string of the molecule is COC(=O)NC(CO)Cc1ccccc1. The Morgan fingerprint density at radius 2 is 2.13 bits per heavy atom. The number of hydrogen-bond acceptors (Lipinski definition) is 3. The number of carbonyl (C=O) groups excluding carboxylic acids is 1. The van der Waals surface area contributed by atoms with Crippen LogP contribution in [-0.2, 0) is 11.2 Å². The first kappa shape index (κ1) is 11.5. The Morgan fingerprint density at radius 1 is 1.47 bits per heavy atom. The normalized spacial score (nSPS) is 11.9. The molecule has 0 saturated carbocycles. The van der Waals surface area contributed by atoms with Gasteiger partial charge in [0.15, 0.2) is 0 Å². The topological polar surface area (TPSA) is 58.6 Å². The molecule has 1 atom stereocenters. The Morgan fingerprint density at radius 3 is 2.67 bits per heavy atom. The van der Waals surface area contributed by atoms with E-state index in [2.05, 4.69) is 10.1 Å². The number of methoxy groups -OCH3 is 1. The van der Waals surface area contributed by atoms with Crippen molar-refractivity contribution in [3.8, 4) is 0 Å². The quantitative estimate of drug-likeness (QED) is 0.776. The van der Waals surface area contributed by atoms with E-state index in [4.69, 9.17) is 5.11 Å². The van der Waals surface area contributed by atoms with Crippen LogP contribution in [0.3, 0.4) is 0 Å². The molecule has 4 heteroatoms. The standard InChI is InChI=1S/C11H15NO3/c1-15-11(14)12-10(8-13)7-9-5-3-2-4-6-9/h2-6,10,13H,7-8H2,1H3,(H,12,14). The van der Waals surface area contributed by atoms with Gasteiger partial charge in [0.2, 0.25) is 0 Å². The molecule has 0 aliphatic rings. The van der Waals surface area contributed by atoms with Crippen molar-refractivity contribution in [2.24, 2.45) is 0 Å². The number of ether oxygens (including phenoxy) is 1. The number of carbonyl (C=O) groups is 1. The van der Waals surface area contributed by atoms with Crippen molar-refractivity contribution < 1.29 is 14.6 Å². The van der Waals surface area contributed by atoms with Gasteiger partial charge in [0.1, 0.15) is 0 Å². The van der Waals surface area contributed by atoms with E-state index in [0.717, 1.165) is 5.56 Å². The molecule has 1 unspecified atom stereocenters. The lowest BCUT2D eigenvalue weighted by Crippen LogP contribution is -2.38. The summed E-state index contributed by atoms with van der Waals surface area (Å²) in [5, 5.41) is 11.6. The summed E-state index contributed by atoms with van der Waals surface area (Å²) in [6.07, 6.45) is 0.0666. The molecule has 1 amide bonds. The first-order chi connectivity index (χ1) is 7.26. The summed E-state index contributed by atoms with van der Waals surface area (Å²) < 4.78 is 4.46. The second-order valence-electron chi connectivity index (χ2n) is 3.21. The molecule has 0 bridgehead atoms. The Hall–Kier alpha value is -1.55. The fraction of sp³-hybridized carbons (Fsp3) is 0.364. The van der Waals surface area contributed by atoms with E-state index < -0.39 is 6.09 Å². The largest absolute Gasteiger partial charge is 0.453 e. The van der Waals surface area contributed by atoms with Gasteiger partial charge in [-0.25, -0.2) is 4.79 Å². The van der Waals surface area contributed by atoms with Crippen LogP contribution < -0.4 is 5.32 Å². The van der Waals surface area contributed by atoms with Crippen LogP contribution in [0.25, 0.3) is 0 Å². The molecule has 0 heterocycles. The number of benzene rings is 1. The average Bonchev–Trinajstić information content (AvgIpc) is 2.29. The highest BCUT2D eigenvalue weighted by Crippen LogP contribution is 2.02. The van der Waals surface area contributed by atoms with Crippen LogP contribution in [0.4, 0.5) is 4.79 Å². The fourth-order valence-corrected chi connectivity index (χ4v) is 1.29. The molecule has 0 aliphatic heterocycles. The van der Waals surface area contributed by atoms with Crippen LogP contribution in [0.2, 0.25) is 0 Å². The number of alkyl carbamates (subject to hydrolysis) is 1. The van der Waals surface area contributed by atoms with Crippen molar-refractivity contribution in [3.63, 3.8) is 0 Å². The molecule has 0 fully saturated rings. The molecule has 0 saturated heterocycles. The molecular formula is C11H15NO3. The summed E-state index contributed by atoms with van der Waals surface area (Å²) in [6.45, 7) is -0.107. The maximum absolute atomic E-state index is 10.9. The number of rotatable bonds is 4. The second kappa shape index (κ2) is 6.03. The summed E-state index contributed by atoms with van der Waals surface area (Å²) in [6, 6.07) is 9.35. The van der Waals surface area contributed by atoms with E-state index in [1.807, 2.05) is 30.3 Å². The number of hydrogen-bond donors (Lipinski definition) is 2. The zero-order chi connectivity index (χ0) is 11.1. The van der Waals surface area contributed by atoms with E-state index in [1.54, 1.807) is 0 Å². The molecule has 2 N–H and O–H groups in total. The first-order valence-corrected chi connectivity index (χ1v) is 4.75. The van der Waals surface area contributed by atoms with E-state index in [1.165, 1.54) is 7.11 Å². The van der Waals surface area contributed by atoms with Crippen molar-refractivity contribution in [2.75, 3.05) is 13.7 Å². The average molecular weight is 209 g/mol. The minimum atomic E-state index is -0.523. The second-order valence-corrected chi connectivity index (χ2v) is 3.21. The van der Waals surface area contributed by atoms with Crippen LogP contribution in [0.5, 0.6) is 0 Å². The van der Waals surface area contributed by atoms with Crippen molar-refractivity contribution in [2.45, 2.75) is 12.5 Å². The molecule has 15 heavy (non-hydrogen) atoms. The summed E-state index contributed by atoms with van der Waals surface area (Å²) in [5.74, 6) is 0. The highest BCUT2D eigenvalue weighted by Gasteiger charge is 2.11. The summed E-state index contributed by atoms with van der Waals surface area (Å²) in [4.78, 5) is 10.9. The van der Waals surface area contributed by atoms with Crippen molar-refractivity contribution in [1.82, 2.24) is 5.32 Å². The van der Waals surface area contributed by atoms with E-state index in [0.29, 0.717) is 6.42 Å². The van der Waals surface area contributed by atoms with Crippen LogP contribution in [0.15, 0.2) is 30.3 Å². The minimum Gasteiger partial charge on any atom is -0.453 e. The summed E-state index contributed by atoms with van der Waals surface area (Å²) in [5.41, 5.74) is 1.06. The lowest BCUT2D eigenvalue weighted by molar-refractivity contribution is 0.157. The zero-order valence-corrected chi connectivity index (χ0v) is 8.64. The van der Waals surface area contributed by atoms with Gasteiger partial charge in [-0.1, -0.05) is 30.3 Å². The number of aliphatic hydroxyl groups is 1. The predicted molar refractivity (Wildman–Crippen MR) is 56.6 cm³/mol. The highest BCUT2D eigenvalue weighted by molar-refractivity contribution is 5.67. The van der Waals surface area contributed by atoms with E-state index >= 15 is 0 Å². The van der Waals surface area contributed by atoms with Gasteiger partial charge in [0.25, 0.3) is 0 Å². The Labute approximate surface area is 88.9 Å². The van der Waals surface area contributed by atoms with Gasteiger partial charge in [-0.15, -0.1) is 0 Å². The monoisotopic (exact) mass is 209 g/mol. The Bertz CT molecular complexity index is 300. The minimum absolute atomic E-state index is 0.107. The Kier molecular flexibility index (Phi) is 4.63. The summed E-state index contributed by atoms with van der Waals surface area (Å²) in [7, 11) is 1.30. The van der Waals surface area contributed by atoms with Gasteiger partial charge < -0.3 is 15.2 Å². The lowest BCUT2D eigenvalue weighted by atomic mass is 10.1. The van der Waals surface area contributed by atoms with Crippen molar-refractivity contribution in [3.05, 3.63) is 35.9 Å². The zero-order valence-electron chi connectivity index (χ0n) is 8.64. The van der Waals surface area contributed by atoms with Gasteiger partial charge in [0.05, 0.1) is 19.8 Å². The van der Waals surface area contributed by atoms with Crippen LogP contribution in [-0.4, -0.2) is 31.0 Å². The molecule has 82 valence electrons. The number of aliphatic hydroxyl groups excluding tert-OH is 1.